The Morgan fingerprint density at radius 3 is 2.04 bits per heavy atom. The van der Waals surface area contributed by atoms with E-state index in [0.29, 0.717) is 30.9 Å². The fourth-order valence-corrected chi connectivity index (χ4v) is 3.12. The summed E-state index contributed by atoms with van der Waals surface area (Å²) in [4.78, 5) is 0. The molecule has 2 nitrogen and oxygen atoms in total. The van der Waals surface area contributed by atoms with Crippen molar-refractivity contribution >= 4 is 0 Å². The molecule has 0 saturated heterocycles. The van der Waals surface area contributed by atoms with E-state index in [0.717, 1.165) is 12.8 Å². The summed E-state index contributed by atoms with van der Waals surface area (Å²) in [6.07, 6.45) is -4.79. The number of hydrogen-bond donors (Lipinski definition) is 0. The zero-order valence-electron chi connectivity index (χ0n) is 14.3. The molecule has 9 heteroatoms. The van der Waals surface area contributed by atoms with E-state index in [-0.39, 0.29) is 11.5 Å². The summed E-state index contributed by atoms with van der Waals surface area (Å²) in [5.74, 6) is -4.88. The molecule has 0 unspecified atom stereocenters. The summed E-state index contributed by atoms with van der Waals surface area (Å²) < 4.78 is 99.1. The van der Waals surface area contributed by atoms with Crippen molar-refractivity contribution < 1.29 is 40.2 Å². The van der Waals surface area contributed by atoms with Gasteiger partial charge in [-0.1, -0.05) is 6.08 Å². The summed E-state index contributed by atoms with van der Waals surface area (Å²) in [6.45, 7) is 2.83. The van der Waals surface area contributed by atoms with Gasteiger partial charge in [-0.15, -0.1) is 19.8 Å². The predicted molar refractivity (Wildman–Crippen MR) is 83.0 cm³/mol. The van der Waals surface area contributed by atoms with Crippen LogP contribution in [0.3, 0.4) is 0 Å². The third kappa shape index (κ3) is 6.71. The molecule has 0 heterocycles. The maximum atomic E-state index is 14.0. The van der Waals surface area contributed by atoms with E-state index in [2.05, 4.69) is 16.1 Å². The van der Waals surface area contributed by atoms with Crippen LogP contribution in [0, 0.1) is 23.5 Å². The molecule has 1 aliphatic rings. The summed E-state index contributed by atoms with van der Waals surface area (Å²) in [6, 6.07) is 0.936. The second-order valence-electron chi connectivity index (χ2n) is 6.58. The summed E-state index contributed by atoms with van der Waals surface area (Å²) in [5, 5.41) is 0. The van der Waals surface area contributed by atoms with Gasteiger partial charge in [-0.2, -0.15) is 8.78 Å². The van der Waals surface area contributed by atoms with Crippen molar-refractivity contribution in [1.82, 2.24) is 0 Å². The van der Waals surface area contributed by atoms with Crippen molar-refractivity contribution in [1.29, 1.82) is 0 Å². The van der Waals surface area contributed by atoms with Gasteiger partial charge in [0.15, 0.2) is 11.6 Å². The summed E-state index contributed by atoms with van der Waals surface area (Å²) >= 11 is 0. The average Bonchev–Trinajstić information content (AvgIpc) is 2.56. The lowest BCUT2D eigenvalue weighted by Gasteiger charge is -2.29. The van der Waals surface area contributed by atoms with E-state index in [1.54, 1.807) is 6.08 Å². The molecule has 0 radical (unpaired) electrons. The normalized spacial score (nSPS) is 21.1. The molecular weight excluding hydrogens is 381 g/mol. The molecule has 1 fully saturated rings. The molecule has 1 aromatic carbocycles. The molecule has 1 aliphatic carbocycles. The number of alkyl halides is 5. The molecule has 152 valence electrons. The minimum atomic E-state index is -5.28. The lowest BCUT2D eigenvalue weighted by atomic mass is 9.80. The van der Waals surface area contributed by atoms with Crippen LogP contribution in [0.2, 0.25) is 0 Å². The van der Waals surface area contributed by atoms with Crippen molar-refractivity contribution in [3.05, 3.63) is 42.0 Å². The smallest absolute Gasteiger partial charge is 0.399 e. The van der Waals surface area contributed by atoms with Crippen LogP contribution in [0.25, 0.3) is 0 Å². The molecule has 27 heavy (non-hydrogen) atoms. The first-order valence-electron chi connectivity index (χ1n) is 8.37. The van der Waals surface area contributed by atoms with Crippen LogP contribution in [-0.2, 0) is 11.3 Å². The second-order valence-corrected chi connectivity index (χ2v) is 6.58. The quantitative estimate of drug-likeness (QED) is 0.392. The standard InChI is InChI=1S/C18H19F7O2/c1-2-11-3-5-12(6-4-11)9-17(21,22)26-10-13-7-14(19)16(15(20)8-13)27-18(23,24)25/h2,7-8,11-12H,1,3-6,9-10H2/t11-,12-. The largest absolute Gasteiger partial charge is 0.573 e. The van der Waals surface area contributed by atoms with Crippen LogP contribution in [0.15, 0.2) is 24.8 Å². The van der Waals surface area contributed by atoms with Gasteiger partial charge in [-0.05, 0) is 55.2 Å². The first-order chi connectivity index (χ1) is 12.5. The van der Waals surface area contributed by atoms with Crippen LogP contribution < -0.4 is 4.74 Å². The Labute approximate surface area is 152 Å². The number of allylic oxidation sites excluding steroid dienone is 1. The van der Waals surface area contributed by atoms with Gasteiger partial charge >= 0.3 is 12.5 Å². The Balaban J connectivity index is 1.94. The van der Waals surface area contributed by atoms with Gasteiger partial charge in [0.2, 0.25) is 5.75 Å². The van der Waals surface area contributed by atoms with Crippen molar-refractivity contribution in [2.45, 2.75) is 51.2 Å². The minimum absolute atomic E-state index is 0.243. The van der Waals surface area contributed by atoms with E-state index in [1.807, 2.05) is 0 Å². The van der Waals surface area contributed by atoms with Gasteiger partial charge in [0.1, 0.15) is 0 Å². The molecule has 1 aromatic rings. The highest BCUT2D eigenvalue weighted by Gasteiger charge is 2.36. The third-order valence-corrected chi connectivity index (χ3v) is 4.48. The molecule has 0 atom stereocenters. The predicted octanol–water partition coefficient (Wildman–Crippen LogP) is 6.36. The van der Waals surface area contributed by atoms with E-state index < -0.39 is 42.9 Å². The number of ether oxygens (including phenoxy) is 2. The summed E-state index contributed by atoms with van der Waals surface area (Å²) in [5.41, 5.74) is -0.366. The van der Waals surface area contributed by atoms with Crippen LogP contribution in [-0.4, -0.2) is 12.5 Å². The third-order valence-electron chi connectivity index (χ3n) is 4.48. The van der Waals surface area contributed by atoms with Crippen molar-refractivity contribution in [3.8, 4) is 5.75 Å². The molecule has 1 saturated carbocycles. The van der Waals surface area contributed by atoms with Crippen LogP contribution in [0.1, 0.15) is 37.7 Å². The van der Waals surface area contributed by atoms with Crippen LogP contribution in [0.4, 0.5) is 30.7 Å². The highest BCUT2D eigenvalue weighted by molar-refractivity contribution is 5.31. The molecule has 2 rings (SSSR count). The molecule has 0 aliphatic heterocycles. The maximum absolute atomic E-state index is 14.0. The fraction of sp³-hybridized carbons (Fsp3) is 0.556. The lowest BCUT2D eigenvalue weighted by Crippen LogP contribution is -2.27. The average molecular weight is 400 g/mol. The molecule has 0 spiro atoms. The molecular formula is C18H19F7O2. The fourth-order valence-electron chi connectivity index (χ4n) is 3.12. The summed E-state index contributed by atoms with van der Waals surface area (Å²) in [7, 11) is 0. The minimum Gasteiger partial charge on any atom is -0.399 e. The Hall–Kier alpha value is -1.77. The van der Waals surface area contributed by atoms with Gasteiger partial charge in [-0.3, -0.25) is 0 Å². The molecule has 0 aromatic heterocycles. The molecule has 0 N–H and O–H groups in total. The number of rotatable bonds is 7. The van der Waals surface area contributed by atoms with Crippen molar-refractivity contribution in [2.75, 3.05) is 0 Å². The van der Waals surface area contributed by atoms with Crippen molar-refractivity contribution in [2.24, 2.45) is 11.8 Å². The Morgan fingerprint density at radius 1 is 1.00 bits per heavy atom. The number of halogens is 7. The Bertz CT molecular complexity index is 627. The van der Waals surface area contributed by atoms with Gasteiger partial charge in [-0.25, -0.2) is 8.78 Å². The Morgan fingerprint density at radius 2 is 1.56 bits per heavy atom. The first-order valence-corrected chi connectivity index (χ1v) is 8.37. The SMILES string of the molecule is C=C[C@H]1CC[C@H](CC(F)(F)OCc2cc(F)c(OC(F)(F)F)c(F)c2)CC1. The van der Waals surface area contributed by atoms with E-state index in [9.17, 15) is 30.7 Å². The topological polar surface area (TPSA) is 18.5 Å². The highest BCUT2D eigenvalue weighted by Crippen LogP contribution is 2.37. The van der Waals surface area contributed by atoms with Gasteiger partial charge in [0, 0.05) is 6.42 Å². The number of hydrogen-bond acceptors (Lipinski definition) is 2. The van der Waals surface area contributed by atoms with E-state index >= 15 is 0 Å². The first kappa shape index (κ1) is 21.5. The number of benzene rings is 1. The van der Waals surface area contributed by atoms with Gasteiger partial charge < -0.3 is 9.47 Å². The zero-order chi connectivity index (χ0) is 20.2. The van der Waals surface area contributed by atoms with Crippen LogP contribution >= 0.6 is 0 Å². The second kappa shape index (κ2) is 8.50. The van der Waals surface area contributed by atoms with Gasteiger partial charge in [0.05, 0.1) is 6.61 Å². The molecule has 0 amide bonds. The van der Waals surface area contributed by atoms with Crippen molar-refractivity contribution in [3.63, 3.8) is 0 Å². The monoisotopic (exact) mass is 400 g/mol. The van der Waals surface area contributed by atoms with Gasteiger partial charge in [0.25, 0.3) is 0 Å². The van der Waals surface area contributed by atoms with Crippen LogP contribution in [0.5, 0.6) is 5.75 Å². The highest BCUT2D eigenvalue weighted by atomic mass is 19.4. The zero-order valence-corrected chi connectivity index (χ0v) is 14.3. The lowest BCUT2D eigenvalue weighted by molar-refractivity contribution is -0.276. The Kier molecular flexibility index (Phi) is 6.77. The molecule has 0 bridgehead atoms. The van der Waals surface area contributed by atoms with E-state index in [1.165, 1.54) is 0 Å². The maximum Gasteiger partial charge on any atom is 0.573 e. The van der Waals surface area contributed by atoms with E-state index in [4.69, 9.17) is 0 Å².